The largest absolute Gasteiger partial charge is 0.492 e. The van der Waals surface area contributed by atoms with Crippen LogP contribution in [0.5, 0.6) is 11.5 Å². The van der Waals surface area contributed by atoms with E-state index in [0.717, 1.165) is 11.3 Å². The highest BCUT2D eigenvalue weighted by atomic mass is 16.5. The molecule has 1 heterocycles. The van der Waals surface area contributed by atoms with E-state index in [1.807, 2.05) is 43.3 Å². The number of para-hydroxylation sites is 2. The molecule has 136 valence electrons. The van der Waals surface area contributed by atoms with E-state index in [2.05, 4.69) is 5.32 Å². The van der Waals surface area contributed by atoms with Crippen molar-refractivity contribution in [1.29, 1.82) is 0 Å². The summed E-state index contributed by atoms with van der Waals surface area (Å²) in [5.74, 6) is 0.912. The van der Waals surface area contributed by atoms with Gasteiger partial charge in [0.15, 0.2) is 6.10 Å². The normalized spacial score (nSPS) is 15.6. The zero-order chi connectivity index (χ0) is 18.5. The number of aryl methyl sites for hydroxylation is 1. The Labute approximate surface area is 152 Å². The summed E-state index contributed by atoms with van der Waals surface area (Å²) in [5.41, 5.74) is 1.80. The molecule has 6 heteroatoms. The lowest BCUT2D eigenvalue weighted by Crippen LogP contribution is -2.50. The van der Waals surface area contributed by atoms with Crippen LogP contribution < -0.4 is 19.7 Å². The molecule has 2 aromatic rings. The van der Waals surface area contributed by atoms with Crippen LogP contribution in [0, 0.1) is 6.92 Å². The molecule has 2 aromatic carbocycles. The predicted octanol–water partition coefficient (Wildman–Crippen LogP) is 2.30. The monoisotopic (exact) mass is 354 g/mol. The summed E-state index contributed by atoms with van der Waals surface area (Å²) in [7, 11) is 0. The van der Waals surface area contributed by atoms with Crippen LogP contribution in [0.25, 0.3) is 0 Å². The highest BCUT2D eigenvalue weighted by Gasteiger charge is 2.32. The molecular formula is C20H22N2O4. The summed E-state index contributed by atoms with van der Waals surface area (Å²) in [4.78, 5) is 25.9. The molecule has 0 saturated heterocycles. The average Bonchev–Trinajstić information content (AvgIpc) is 2.64. The van der Waals surface area contributed by atoms with E-state index >= 15 is 0 Å². The number of hydrogen-bond donors (Lipinski definition) is 1. The van der Waals surface area contributed by atoms with E-state index in [9.17, 15) is 9.59 Å². The average molecular weight is 354 g/mol. The molecule has 0 saturated carbocycles. The summed E-state index contributed by atoms with van der Waals surface area (Å²) in [6.07, 6.45) is -0.743. The summed E-state index contributed by atoms with van der Waals surface area (Å²) in [5, 5.41) is 2.80. The maximum atomic E-state index is 12.4. The predicted molar refractivity (Wildman–Crippen MR) is 98.6 cm³/mol. The number of carbonyl (C=O) groups is 2. The number of fused-ring (bicyclic) bond motifs is 1. The van der Waals surface area contributed by atoms with Gasteiger partial charge in [-0.3, -0.25) is 9.59 Å². The van der Waals surface area contributed by atoms with Crippen LogP contribution in [-0.4, -0.2) is 37.6 Å². The second-order valence-electron chi connectivity index (χ2n) is 6.16. The SMILES string of the molecule is CC(=O)N1C[C@@H](C(=O)NCCOc2cccc(C)c2)Oc2ccccc21. The third-order valence-corrected chi connectivity index (χ3v) is 4.11. The molecule has 2 amide bonds. The Balaban J connectivity index is 1.54. The minimum Gasteiger partial charge on any atom is -0.492 e. The number of benzene rings is 2. The van der Waals surface area contributed by atoms with E-state index in [4.69, 9.17) is 9.47 Å². The van der Waals surface area contributed by atoms with E-state index < -0.39 is 6.10 Å². The Bertz CT molecular complexity index is 806. The summed E-state index contributed by atoms with van der Waals surface area (Å²) < 4.78 is 11.4. The molecule has 1 N–H and O–H groups in total. The smallest absolute Gasteiger partial charge is 0.263 e. The highest BCUT2D eigenvalue weighted by Crippen LogP contribution is 2.33. The molecule has 1 aliphatic heterocycles. The van der Waals surface area contributed by atoms with E-state index in [-0.39, 0.29) is 18.4 Å². The first-order valence-electron chi connectivity index (χ1n) is 8.55. The van der Waals surface area contributed by atoms with E-state index in [1.165, 1.54) is 6.92 Å². The van der Waals surface area contributed by atoms with Crippen molar-refractivity contribution in [2.24, 2.45) is 0 Å². The van der Waals surface area contributed by atoms with Gasteiger partial charge in [0.2, 0.25) is 5.91 Å². The molecule has 0 aromatic heterocycles. The topological polar surface area (TPSA) is 67.9 Å². The van der Waals surface area contributed by atoms with Gasteiger partial charge in [0.05, 0.1) is 18.8 Å². The number of nitrogens with zero attached hydrogens (tertiary/aromatic N) is 1. The molecule has 0 spiro atoms. The van der Waals surface area contributed by atoms with Crippen molar-refractivity contribution in [3.05, 3.63) is 54.1 Å². The van der Waals surface area contributed by atoms with Crippen LogP contribution in [0.3, 0.4) is 0 Å². The Morgan fingerprint density at radius 2 is 2.04 bits per heavy atom. The Kier molecular flexibility index (Phi) is 5.41. The van der Waals surface area contributed by atoms with Crippen LogP contribution in [0.2, 0.25) is 0 Å². The molecule has 0 radical (unpaired) electrons. The molecule has 0 unspecified atom stereocenters. The van der Waals surface area contributed by atoms with Crippen LogP contribution in [0.4, 0.5) is 5.69 Å². The lowest BCUT2D eigenvalue weighted by atomic mass is 10.1. The molecular weight excluding hydrogens is 332 g/mol. The van der Waals surface area contributed by atoms with Crippen LogP contribution >= 0.6 is 0 Å². The van der Waals surface area contributed by atoms with Crippen LogP contribution in [-0.2, 0) is 9.59 Å². The number of ether oxygens (including phenoxy) is 2. The molecule has 0 fully saturated rings. The summed E-state index contributed by atoms with van der Waals surface area (Å²) in [6, 6.07) is 14.9. The van der Waals surface area contributed by atoms with Gasteiger partial charge in [-0.15, -0.1) is 0 Å². The number of anilines is 1. The second-order valence-corrected chi connectivity index (χ2v) is 6.16. The fourth-order valence-corrected chi connectivity index (χ4v) is 2.83. The minimum absolute atomic E-state index is 0.124. The number of carbonyl (C=O) groups excluding carboxylic acids is 2. The minimum atomic E-state index is -0.743. The van der Waals surface area contributed by atoms with Crippen molar-refractivity contribution in [2.45, 2.75) is 20.0 Å². The fraction of sp³-hybridized carbons (Fsp3) is 0.300. The lowest BCUT2D eigenvalue weighted by Gasteiger charge is -2.33. The van der Waals surface area contributed by atoms with E-state index in [1.54, 1.807) is 17.0 Å². The van der Waals surface area contributed by atoms with Crippen molar-refractivity contribution in [3.8, 4) is 11.5 Å². The zero-order valence-corrected chi connectivity index (χ0v) is 14.9. The number of hydrogen-bond acceptors (Lipinski definition) is 4. The van der Waals surface area contributed by atoms with Gasteiger partial charge in [-0.1, -0.05) is 24.3 Å². The quantitative estimate of drug-likeness (QED) is 0.837. The third kappa shape index (κ3) is 4.14. The van der Waals surface area contributed by atoms with Gasteiger partial charge in [-0.2, -0.15) is 0 Å². The van der Waals surface area contributed by atoms with Crippen molar-refractivity contribution in [3.63, 3.8) is 0 Å². The number of amides is 2. The first-order valence-corrected chi connectivity index (χ1v) is 8.55. The lowest BCUT2D eigenvalue weighted by molar-refractivity contribution is -0.128. The highest BCUT2D eigenvalue weighted by molar-refractivity contribution is 5.95. The van der Waals surface area contributed by atoms with Gasteiger partial charge < -0.3 is 19.7 Å². The molecule has 0 bridgehead atoms. The van der Waals surface area contributed by atoms with Gasteiger partial charge in [0.1, 0.15) is 18.1 Å². The van der Waals surface area contributed by atoms with Gasteiger partial charge in [-0.25, -0.2) is 0 Å². The third-order valence-electron chi connectivity index (χ3n) is 4.11. The molecule has 6 nitrogen and oxygen atoms in total. The molecule has 0 aliphatic carbocycles. The second kappa shape index (κ2) is 7.91. The molecule has 1 atom stereocenters. The first-order chi connectivity index (χ1) is 12.5. The Morgan fingerprint density at radius 1 is 1.23 bits per heavy atom. The van der Waals surface area contributed by atoms with Crippen LogP contribution in [0.1, 0.15) is 12.5 Å². The standard InChI is InChI=1S/C20H22N2O4/c1-14-6-5-7-16(12-14)25-11-10-21-20(24)19-13-22(15(2)23)17-8-3-4-9-18(17)26-19/h3-9,12,19H,10-11,13H2,1-2H3,(H,21,24)/t19-/m0/s1. The Morgan fingerprint density at radius 3 is 2.81 bits per heavy atom. The number of rotatable bonds is 5. The van der Waals surface area contributed by atoms with Crippen molar-refractivity contribution < 1.29 is 19.1 Å². The molecule has 3 rings (SSSR count). The van der Waals surface area contributed by atoms with E-state index in [0.29, 0.717) is 24.6 Å². The fourth-order valence-electron chi connectivity index (χ4n) is 2.83. The van der Waals surface area contributed by atoms with Crippen molar-refractivity contribution in [1.82, 2.24) is 5.32 Å². The molecule has 1 aliphatic rings. The maximum absolute atomic E-state index is 12.4. The van der Waals surface area contributed by atoms with Gasteiger partial charge in [0.25, 0.3) is 5.91 Å². The van der Waals surface area contributed by atoms with Gasteiger partial charge >= 0.3 is 0 Å². The van der Waals surface area contributed by atoms with Gasteiger partial charge in [-0.05, 0) is 36.8 Å². The zero-order valence-electron chi connectivity index (χ0n) is 14.9. The van der Waals surface area contributed by atoms with Crippen LogP contribution in [0.15, 0.2) is 48.5 Å². The molecule has 26 heavy (non-hydrogen) atoms. The van der Waals surface area contributed by atoms with Crippen molar-refractivity contribution in [2.75, 3.05) is 24.6 Å². The maximum Gasteiger partial charge on any atom is 0.263 e. The number of nitrogens with one attached hydrogen (secondary N) is 1. The Hall–Kier alpha value is -3.02. The summed E-state index contributed by atoms with van der Waals surface area (Å²) in [6.45, 7) is 4.38. The first kappa shape index (κ1) is 17.8. The van der Waals surface area contributed by atoms with Crippen molar-refractivity contribution >= 4 is 17.5 Å². The van der Waals surface area contributed by atoms with Gasteiger partial charge in [0, 0.05) is 6.92 Å². The summed E-state index contributed by atoms with van der Waals surface area (Å²) >= 11 is 0.